The van der Waals surface area contributed by atoms with Crippen molar-refractivity contribution in [3.63, 3.8) is 0 Å². The van der Waals surface area contributed by atoms with E-state index in [0.717, 1.165) is 6.07 Å². The molecule has 0 spiro atoms. The molecule has 1 heterocycles. The number of hydrogen-bond acceptors (Lipinski definition) is 4. The maximum absolute atomic E-state index is 12.9. The van der Waals surface area contributed by atoms with Gasteiger partial charge in [-0.2, -0.15) is 13.2 Å². The molecule has 0 radical (unpaired) electrons. The summed E-state index contributed by atoms with van der Waals surface area (Å²) in [7, 11) is 0. The summed E-state index contributed by atoms with van der Waals surface area (Å²) >= 11 is 11.6. The molecular formula is C16H10Cl2F3N3O. The summed E-state index contributed by atoms with van der Waals surface area (Å²) in [5, 5.41) is 10.6. The maximum Gasteiger partial charge on any atom is 0.417 e. The van der Waals surface area contributed by atoms with E-state index in [1.165, 1.54) is 12.1 Å². The van der Waals surface area contributed by atoms with Gasteiger partial charge in [-0.1, -0.05) is 35.3 Å². The quantitative estimate of drug-likeness (QED) is 0.625. The monoisotopic (exact) mass is 387 g/mol. The molecule has 0 unspecified atom stereocenters. The van der Waals surface area contributed by atoms with Gasteiger partial charge in [0.2, 0.25) is 11.8 Å². The first-order valence-electron chi connectivity index (χ1n) is 7.02. The van der Waals surface area contributed by atoms with Crippen molar-refractivity contribution in [2.75, 3.05) is 5.32 Å². The summed E-state index contributed by atoms with van der Waals surface area (Å²) in [5.74, 6) is 0.438. The Morgan fingerprint density at radius 2 is 1.76 bits per heavy atom. The molecule has 0 aliphatic rings. The summed E-state index contributed by atoms with van der Waals surface area (Å²) in [4.78, 5) is 0. The fourth-order valence-corrected chi connectivity index (χ4v) is 2.54. The van der Waals surface area contributed by atoms with Gasteiger partial charge in [0.15, 0.2) is 0 Å². The summed E-state index contributed by atoms with van der Waals surface area (Å²) in [5.41, 5.74) is -0.107. The van der Waals surface area contributed by atoms with Crippen LogP contribution in [-0.2, 0) is 12.7 Å². The molecule has 1 aromatic heterocycles. The molecule has 3 aromatic rings. The largest absolute Gasteiger partial charge is 0.419 e. The predicted molar refractivity (Wildman–Crippen MR) is 88.5 cm³/mol. The number of anilines is 1. The molecule has 0 saturated heterocycles. The molecular weight excluding hydrogens is 378 g/mol. The van der Waals surface area contributed by atoms with Crippen LogP contribution in [0.25, 0.3) is 11.5 Å². The highest BCUT2D eigenvalue weighted by atomic mass is 35.5. The Bertz CT molecular complexity index is 896. The van der Waals surface area contributed by atoms with Gasteiger partial charge in [-0.15, -0.1) is 10.2 Å². The number of nitrogens with zero attached hydrogens (tertiary/aromatic N) is 2. The minimum atomic E-state index is -4.53. The average molecular weight is 388 g/mol. The Morgan fingerprint density at radius 1 is 1.00 bits per heavy atom. The zero-order valence-corrected chi connectivity index (χ0v) is 14.0. The molecule has 0 aliphatic heterocycles. The van der Waals surface area contributed by atoms with Crippen molar-refractivity contribution in [1.29, 1.82) is 0 Å². The van der Waals surface area contributed by atoms with Crippen LogP contribution >= 0.6 is 23.2 Å². The van der Waals surface area contributed by atoms with Crippen LogP contribution in [0.1, 0.15) is 11.5 Å². The zero-order chi connectivity index (χ0) is 18.0. The van der Waals surface area contributed by atoms with E-state index in [9.17, 15) is 13.2 Å². The van der Waals surface area contributed by atoms with Crippen molar-refractivity contribution in [2.24, 2.45) is 0 Å². The molecule has 0 atom stereocenters. The van der Waals surface area contributed by atoms with Gasteiger partial charge in [0.1, 0.15) is 0 Å². The van der Waals surface area contributed by atoms with Gasteiger partial charge in [0, 0.05) is 5.69 Å². The third-order valence-corrected chi connectivity index (χ3v) is 3.95. The number of nitrogens with one attached hydrogen (secondary N) is 1. The predicted octanol–water partition coefficient (Wildman–Crippen LogP) is 5.67. The summed E-state index contributed by atoms with van der Waals surface area (Å²) in [6.07, 6.45) is -4.53. The van der Waals surface area contributed by atoms with Crippen LogP contribution in [0.15, 0.2) is 46.9 Å². The Balaban J connectivity index is 1.74. The maximum atomic E-state index is 12.9. The van der Waals surface area contributed by atoms with Crippen LogP contribution < -0.4 is 5.32 Å². The highest BCUT2D eigenvalue weighted by molar-refractivity contribution is 6.33. The van der Waals surface area contributed by atoms with Gasteiger partial charge in [0.25, 0.3) is 0 Å². The average Bonchev–Trinajstić information content (AvgIpc) is 3.02. The van der Waals surface area contributed by atoms with Crippen molar-refractivity contribution in [3.05, 3.63) is 64.0 Å². The number of halogens is 5. The third kappa shape index (κ3) is 4.05. The van der Waals surface area contributed by atoms with Crippen LogP contribution in [0.4, 0.5) is 18.9 Å². The van der Waals surface area contributed by atoms with Crippen LogP contribution in [-0.4, -0.2) is 10.2 Å². The second kappa shape index (κ2) is 6.93. The van der Waals surface area contributed by atoms with E-state index in [2.05, 4.69) is 15.5 Å². The van der Waals surface area contributed by atoms with E-state index in [0.29, 0.717) is 10.6 Å². The van der Waals surface area contributed by atoms with E-state index in [-0.39, 0.29) is 29.0 Å². The summed E-state index contributed by atoms with van der Waals surface area (Å²) in [6.45, 7) is 0.0520. The second-order valence-electron chi connectivity index (χ2n) is 5.03. The van der Waals surface area contributed by atoms with Gasteiger partial charge in [0.05, 0.1) is 27.7 Å². The first-order chi connectivity index (χ1) is 11.8. The van der Waals surface area contributed by atoms with Crippen molar-refractivity contribution in [1.82, 2.24) is 10.2 Å². The molecule has 0 amide bonds. The zero-order valence-electron chi connectivity index (χ0n) is 12.4. The lowest BCUT2D eigenvalue weighted by Crippen LogP contribution is -2.07. The van der Waals surface area contributed by atoms with Crippen molar-refractivity contribution < 1.29 is 17.6 Å². The SMILES string of the molecule is FC(F)(F)c1cc(NCc2nnc(-c3ccccc3Cl)o2)ccc1Cl. The fourth-order valence-electron chi connectivity index (χ4n) is 2.10. The van der Waals surface area contributed by atoms with Gasteiger partial charge < -0.3 is 9.73 Å². The number of hydrogen-bond donors (Lipinski definition) is 1. The summed E-state index contributed by atoms with van der Waals surface area (Å²) in [6, 6.07) is 10.5. The van der Waals surface area contributed by atoms with Crippen LogP contribution in [0.3, 0.4) is 0 Å². The molecule has 0 saturated carbocycles. The fraction of sp³-hybridized carbons (Fsp3) is 0.125. The second-order valence-corrected chi connectivity index (χ2v) is 5.84. The van der Waals surface area contributed by atoms with Gasteiger partial charge in [-0.05, 0) is 30.3 Å². The Kier molecular flexibility index (Phi) is 4.87. The van der Waals surface area contributed by atoms with Crippen molar-refractivity contribution >= 4 is 28.9 Å². The van der Waals surface area contributed by atoms with Gasteiger partial charge >= 0.3 is 6.18 Å². The minimum absolute atomic E-state index is 0.0520. The summed E-state index contributed by atoms with van der Waals surface area (Å²) < 4.78 is 44.0. The molecule has 0 fully saturated rings. The van der Waals surface area contributed by atoms with E-state index in [1.807, 2.05) is 0 Å². The van der Waals surface area contributed by atoms with E-state index < -0.39 is 11.7 Å². The minimum Gasteiger partial charge on any atom is -0.419 e. The molecule has 0 aliphatic carbocycles. The smallest absolute Gasteiger partial charge is 0.417 e. The van der Waals surface area contributed by atoms with Crippen LogP contribution in [0, 0.1) is 0 Å². The van der Waals surface area contributed by atoms with E-state index in [4.69, 9.17) is 27.6 Å². The lowest BCUT2D eigenvalue weighted by Gasteiger charge is -2.11. The molecule has 0 bridgehead atoms. The molecule has 130 valence electrons. The molecule has 3 rings (SSSR count). The molecule has 25 heavy (non-hydrogen) atoms. The topological polar surface area (TPSA) is 51.0 Å². The number of benzene rings is 2. The van der Waals surface area contributed by atoms with E-state index in [1.54, 1.807) is 24.3 Å². The van der Waals surface area contributed by atoms with Gasteiger partial charge in [-0.3, -0.25) is 0 Å². The van der Waals surface area contributed by atoms with Crippen molar-refractivity contribution in [3.8, 4) is 11.5 Å². The normalized spacial score (nSPS) is 11.6. The molecule has 1 N–H and O–H groups in total. The number of alkyl halides is 3. The van der Waals surface area contributed by atoms with Gasteiger partial charge in [-0.25, -0.2) is 0 Å². The molecule has 2 aromatic carbocycles. The highest BCUT2D eigenvalue weighted by Gasteiger charge is 2.33. The first-order valence-corrected chi connectivity index (χ1v) is 7.78. The van der Waals surface area contributed by atoms with Crippen molar-refractivity contribution in [2.45, 2.75) is 12.7 Å². The Morgan fingerprint density at radius 3 is 2.48 bits per heavy atom. The molecule has 4 nitrogen and oxygen atoms in total. The Labute approximate surface area is 150 Å². The van der Waals surface area contributed by atoms with Crippen LogP contribution in [0.2, 0.25) is 10.0 Å². The lowest BCUT2D eigenvalue weighted by molar-refractivity contribution is -0.137. The Hall–Kier alpha value is -2.25. The molecule has 9 heteroatoms. The third-order valence-electron chi connectivity index (χ3n) is 3.29. The standard InChI is InChI=1S/C16H10Cl2F3N3O/c17-12-4-2-1-3-10(12)15-24-23-14(25-15)8-22-9-5-6-13(18)11(7-9)16(19,20)21/h1-7,22H,8H2. The number of aromatic nitrogens is 2. The van der Waals surface area contributed by atoms with E-state index >= 15 is 0 Å². The first kappa shape index (κ1) is 17.6. The highest BCUT2D eigenvalue weighted by Crippen LogP contribution is 2.36. The lowest BCUT2D eigenvalue weighted by atomic mass is 10.2. The number of rotatable bonds is 4. The van der Waals surface area contributed by atoms with Crippen LogP contribution in [0.5, 0.6) is 0 Å².